The standard InChI is InChI=1S/C10H14BrN5S/c1-6(2)16-10(7(11)3-14-16)9(15-12)8-4-17-5-13-8/h3-6,9,15H,12H2,1-2H3. The predicted octanol–water partition coefficient (Wildman–Crippen LogP) is 2.24. The SMILES string of the molecule is CC(C)n1ncc(Br)c1C(NN)c1cscn1. The average Bonchev–Trinajstić information content (AvgIpc) is 2.91. The van der Waals surface area contributed by atoms with Crippen molar-refractivity contribution < 1.29 is 0 Å². The Morgan fingerprint density at radius 2 is 2.29 bits per heavy atom. The highest BCUT2D eigenvalue weighted by molar-refractivity contribution is 9.10. The first-order chi connectivity index (χ1) is 8.15. The van der Waals surface area contributed by atoms with Gasteiger partial charge >= 0.3 is 0 Å². The van der Waals surface area contributed by atoms with Crippen molar-refractivity contribution in [3.05, 3.63) is 32.9 Å². The van der Waals surface area contributed by atoms with Crippen molar-refractivity contribution in [1.82, 2.24) is 20.2 Å². The second-order valence-electron chi connectivity index (χ2n) is 3.93. The molecule has 2 heterocycles. The van der Waals surface area contributed by atoms with Gasteiger partial charge in [-0.2, -0.15) is 5.10 Å². The van der Waals surface area contributed by atoms with Gasteiger partial charge in [0.25, 0.3) is 0 Å². The molecule has 0 aliphatic rings. The third-order valence-corrected chi connectivity index (χ3v) is 3.68. The Bertz CT molecular complexity index is 479. The van der Waals surface area contributed by atoms with E-state index in [0.29, 0.717) is 0 Å². The summed E-state index contributed by atoms with van der Waals surface area (Å²) in [7, 11) is 0. The number of hydrogen-bond donors (Lipinski definition) is 2. The van der Waals surface area contributed by atoms with Crippen LogP contribution in [-0.2, 0) is 0 Å². The minimum atomic E-state index is -0.152. The fraction of sp³-hybridized carbons (Fsp3) is 0.400. The lowest BCUT2D eigenvalue weighted by atomic mass is 10.1. The van der Waals surface area contributed by atoms with Gasteiger partial charge in [-0.3, -0.25) is 10.5 Å². The van der Waals surface area contributed by atoms with E-state index in [4.69, 9.17) is 5.84 Å². The highest BCUT2D eigenvalue weighted by atomic mass is 79.9. The van der Waals surface area contributed by atoms with Crippen LogP contribution in [0.2, 0.25) is 0 Å². The van der Waals surface area contributed by atoms with Crippen LogP contribution in [0.5, 0.6) is 0 Å². The Labute approximate surface area is 112 Å². The second-order valence-corrected chi connectivity index (χ2v) is 5.50. The van der Waals surface area contributed by atoms with E-state index in [-0.39, 0.29) is 12.1 Å². The first-order valence-electron chi connectivity index (χ1n) is 5.22. The van der Waals surface area contributed by atoms with E-state index in [2.05, 4.69) is 45.3 Å². The summed E-state index contributed by atoms with van der Waals surface area (Å²) in [6, 6.07) is 0.117. The van der Waals surface area contributed by atoms with Crippen LogP contribution >= 0.6 is 27.3 Å². The lowest BCUT2D eigenvalue weighted by Crippen LogP contribution is -2.31. The monoisotopic (exact) mass is 315 g/mol. The Morgan fingerprint density at radius 1 is 1.53 bits per heavy atom. The van der Waals surface area contributed by atoms with Gasteiger partial charge in [-0.05, 0) is 29.8 Å². The molecule has 0 aliphatic carbocycles. The van der Waals surface area contributed by atoms with Gasteiger partial charge in [-0.15, -0.1) is 11.3 Å². The molecule has 0 aromatic carbocycles. The second kappa shape index (κ2) is 5.26. The van der Waals surface area contributed by atoms with Gasteiger partial charge in [-0.25, -0.2) is 10.4 Å². The van der Waals surface area contributed by atoms with E-state index < -0.39 is 0 Å². The van der Waals surface area contributed by atoms with Crippen molar-refractivity contribution in [2.45, 2.75) is 25.9 Å². The van der Waals surface area contributed by atoms with Crippen LogP contribution in [0, 0.1) is 0 Å². The van der Waals surface area contributed by atoms with Crippen molar-refractivity contribution in [2.24, 2.45) is 5.84 Å². The van der Waals surface area contributed by atoms with Crippen LogP contribution in [0.15, 0.2) is 21.6 Å². The molecule has 5 nitrogen and oxygen atoms in total. The quantitative estimate of drug-likeness (QED) is 0.670. The molecule has 2 rings (SSSR count). The van der Waals surface area contributed by atoms with Crippen molar-refractivity contribution >= 4 is 27.3 Å². The summed E-state index contributed by atoms with van der Waals surface area (Å²) in [5.74, 6) is 5.65. The lowest BCUT2D eigenvalue weighted by Gasteiger charge is -2.18. The number of nitrogens with one attached hydrogen (secondary N) is 1. The summed E-state index contributed by atoms with van der Waals surface area (Å²) in [5, 5.41) is 6.32. The van der Waals surface area contributed by atoms with Crippen molar-refractivity contribution in [3.63, 3.8) is 0 Å². The van der Waals surface area contributed by atoms with E-state index in [1.165, 1.54) is 0 Å². The number of nitrogens with zero attached hydrogens (tertiary/aromatic N) is 3. The van der Waals surface area contributed by atoms with Crippen LogP contribution in [0.4, 0.5) is 0 Å². The van der Waals surface area contributed by atoms with Crippen LogP contribution in [0.25, 0.3) is 0 Å². The van der Waals surface area contributed by atoms with E-state index in [1.807, 2.05) is 10.1 Å². The van der Waals surface area contributed by atoms with E-state index in [0.717, 1.165) is 15.9 Å². The van der Waals surface area contributed by atoms with Gasteiger partial charge in [0.2, 0.25) is 0 Å². The molecular formula is C10H14BrN5S. The fourth-order valence-corrected chi connectivity index (χ4v) is 2.78. The summed E-state index contributed by atoms with van der Waals surface area (Å²) in [5.41, 5.74) is 6.49. The lowest BCUT2D eigenvalue weighted by molar-refractivity contribution is 0.472. The third kappa shape index (κ3) is 2.42. The van der Waals surface area contributed by atoms with Crippen molar-refractivity contribution in [2.75, 3.05) is 0 Å². The highest BCUT2D eigenvalue weighted by Crippen LogP contribution is 2.29. The Kier molecular flexibility index (Phi) is 3.93. The average molecular weight is 316 g/mol. The molecule has 17 heavy (non-hydrogen) atoms. The molecule has 0 bridgehead atoms. The fourth-order valence-electron chi connectivity index (χ4n) is 1.70. The van der Waals surface area contributed by atoms with Gasteiger partial charge in [-0.1, -0.05) is 0 Å². The number of thiazole rings is 1. The summed E-state index contributed by atoms with van der Waals surface area (Å²) < 4.78 is 2.87. The highest BCUT2D eigenvalue weighted by Gasteiger charge is 2.23. The molecule has 0 spiro atoms. The maximum absolute atomic E-state index is 5.65. The molecule has 3 N–H and O–H groups in total. The topological polar surface area (TPSA) is 68.8 Å². The third-order valence-electron chi connectivity index (χ3n) is 2.46. The van der Waals surface area contributed by atoms with Gasteiger partial charge in [0.15, 0.2) is 0 Å². The van der Waals surface area contributed by atoms with Crippen LogP contribution < -0.4 is 11.3 Å². The summed E-state index contributed by atoms with van der Waals surface area (Å²) >= 11 is 5.06. The zero-order chi connectivity index (χ0) is 12.4. The summed E-state index contributed by atoms with van der Waals surface area (Å²) in [6.07, 6.45) is 1.78. The maximum Gasteiger partial charge on any atom is 0.107 e. The Hall–Kier alpha value is -0.760. The molecule has 7 heteroatoms. The maximum atomic E-state index is 5.65. The summed E-state index contributed by atoms with van der Waals surface area (Å²) in [4.78, 5) is 4.30. The molecule has 92 valence electrons. The van der Waals surface area contributed by atoms with Gasteiger partial charge in [0.05, 0.1) is 27.6 Å². The Balaban J connectivity index is 2.47. The van der Waals surface area contributed by atoms with Crippen LogP contribution in [0.3, 0.4) is 0 Å². The number of hydrogen-bond acceptors (Lipinski definition) is 5. The Morgan fingerprint density at radius 3 is 2.82 bits per heavy atom. The number of nitrogens with two attached hydrogens (primary N) is 1. The number of hydrazine groups is 1. The van der Waals surface area contributed by atoms with Gasteiger partial charge in [0.1, 0.15) is 6.04 Å². The molecule has 0 fully saturated rings. The first kappa shape index (κ1) is 12.7. The van der Waals surface area contributed by atoms with Gasteiger partial charge in [0, 0.05) is 11.4 Å². The van der Waals surface area contributed by atoms with Crippen LogP contribution in [0.1, 0.15) is 37.3 Å². The minimum Gasteiger partial charge on any atom is -0.270 e. The molecule has 1 atom stereocenters. The predicted molar refractivity (Wildman–Crippen MR) is 71.6 cm³/mol. The molecule has 2 aromatic rings. The van der Waals surface area contributed by atoms with Crippen molar-refractivity contribution in [3.8, 4) is 0 Å². The van der Waals surface area contributed by atoms with E-state index in [9.17, 15) is 0 Å². The molecular weight excluding hydrogens is 302 g/mol. The molecule has 0 radical (unpaired) electrons. The first-order valence-corrected chi connectivity index (χ1v) is 6.95. The number of halogens is 1. The van der Waals surface area contributed by atoms with Gasteiger partial charge < -0.3 is 0 Å². The molecule has 0 aliphatic heterocycles. The number of aromatic nitrogens is 3. The summed E-state index contributed by atoms with van der Waals surface area (Å²) in [6.45, 7) is 4.16. The molecule has 0 saturated carbocycles. The van der Waals surface area contributed by atoms with Crippen molar-refractivity contribution in [1.29, 1.82) is 0 Å². The van der Waals surface area contributed by atoms with Crippen LogP contribution in [-0.4, -0.2) is 14.8 Å². The number of rotatable bonds is 4. The normalized spacial score (nSPS) is 13.2. The molecule has 2 aromatic heterocycles. The van der Waals surface area contributed by atoms with E-state index >= 15 is 0 Å². The smallest absolute Gasteiger partial charge is 0.107 e. The largest absolute Gasteiger partial charge is 0.270 e. The molecule has 0 amide bonds. The van der Waals surface area contributed by atoms with E-state index in [1.54, 1.807) is 23.0 Å². The zero-order valence-corrected chi connectivity index (χ0v) is 12.0. The minimum absolute atomic E-state index is 0.152. The zero-order valence-electron chi connectivity index (χ0n) is 9.59. The molecule has 0 saturated heterocycles. The molecule has 1 unspecified atom stereocenters.